The normalized spacial score (nSPS) is 23.5. The van der Waals surface area contributed by atoms with Crippen molar-refractivity contribution in [2.24, 2.45) is 0 Å². The number of H-pyrrole nitrogens is 1. The fourth-order valence-electron chi connectivity index (χ4n) is 3.92. The summed E-state index contributed by atoms with van der Waals surface area (Å²) in [6.07, 6.45) is 3.53. The average Bonchev–Trinajstić information content (AvgIpc) is 3.25. The zero-order chi connectivity index (χ0) is 15.6. The summed E-state index contributed by atoms with van der Waals surface area (Å²) in [5.74, 6) is 1.79. The molecule has 122 valence electrons. The molecule has 1 aromatic heterocycles. The van der Waals surface area contributed by atoms with Gasteiger partial charge in [0.25, 0.3) is 0 Å². The van der Waals surface area contributed by atoms with Gasteiger partial charge in [0.05, 0.1) is 0 Å². The van der Waals surface area contributed by atoms with Crippen molar-refractivity contribution in [3.05, 3.63) is 36.2 Å². The highest BCUT2D eigenvalue weighted by atomic mass is 15.3. The van der Waals surface area contributed by atoms with Gasteiger partial charge in [-0.2, -0.15) is 4.98 Å². The molecule has 6 nitrogen and oxygen atoms in total. The lowest BCUT2D eigenvalue weighted by Gasteiger charge is -2.35. The Morgan fingerprint density at radius 2 is 1.83 bits per heavy atom. The van der Waals surface area contributed by atoms with E-state index in [9.17, 15) is 0 Å². The summed E-state index contributed by atoms with van der Waals surface area (Å²) >= 11 is 0. The second kappa shape index (κ2) is 6.20. The molecule has 2 aromatic rings. The lowest BCUT2D eigenvalue weighted by molar-refractivity contribution is 0.160. The number of benzene rings is 1. The first-order valence-corrected chi connectivity index (χ1v) is 8.51. The van der Waals surface area contributed by atoms with Crippen LogP contribution in [-0.4, -0.2) is 52.3 Å². The van der Waals surface area contributed by atoms with E-state index in [0.717, 1.165) is 44.8 Å². The second-order valence-electron chi connectivity index (χ2n) is 6.61. The summed E-state index contributed by atoms with van der Waals surface area (Å²) in [4.78, 5) is 9.45. The van der Waals surface area contributed by atoms with Crippen LogP contribution in [0.25, 0.3) is 0 Å². The van der Waals surface area contributed by atoms with Crippen molar-refractivity contribution in [1.29, 1.82) is 0 Å². The fraction of sp³-hybridized carbons (Fsp3) is 0.529. The Balaban J connectivity index is 1.33. The number of rotatable bonds is 3. The standard InChI is InChI=1S/C17H24N6/c18-17-19-16(20-21-17)13-6-9-22(10-7-13)15-8-11-23(12-15)14-4-2-1-3-5-14/h1-5,13,15H,6-12H2,(H3,18,19,20,21). The van der Waals surface area contributed by atoms with E-state index in [2.05, 4.69) is 55.3 Å². The highest BCUT2D eigenvalue weighted by molar-refractivity contribution is 5.47. The quantitative estimate of drug-likeness (QED) is 0.905. The van der Waals surface area contributed by atoms with E-state index in [1.54, 1.807) is 0 Å². The largest absolute Gasteiger partial charge is 0.370 e. The zero-order valence-electron chi connectivity index (χ0n) is 13.4. The van der Waals surface area contributed by atoms with Crippen LogP contribution in [0.5, 0.6) is 0 Å². The number of nitrogen functional groups attached to an aromatic ring is 1. The number of para-hydroxylation sites is 1. The maximum atomic E-state index is 5.61. The van der Waals surface area contributed by atoms with Crippen molar-refractivity contribution in [2.45, 2.75) is 31.2 Å². The molecule has 1 atom stereocenters. The summed E-state index contributed by atoms with van der Waals surface area (Å²) < 4.78 is 0. The van der Waals surface area contributed by atoms with Crippen LogP contribution >= 0.6 is 0 Å². The van der Waals surface area contributed by atoms with Crippen LogP contribution in [0.15, 0.2) is 30.3 Å². The van der Waals surface area contributed by atoms with E-state index >= 15 is 0 Å². The Bertz CT molecular complexity index is 632. The van der Waals surface area contributed by atoms with Crippen molar-refractivity contribution in [1.82, 2.24) is 20.1 Å². The first-order valence-electron chi connectivity index (χ1n) is 8.51. The molecule has 4 rings (SSSR count). The molecule has 6 heteroatoms. The van der Waals surface area contributed by atoms with Crippen molar-refractivity contribution in [3.63, 3.8) is 0 Å². The minimum absolute atomic E-state index is 0.358. The highest BCUT2D eigenvalue weighted by Gasteiger charge is 2.31. The van der Waals surface area contributed by atoms with Gasteiger partial charge in [0.15, 0.2) is 0 Å². The lowest BCUT2D eigenvalue weighted by Crippen LogP contribution is -2.42. The van der Waals surface area contributed by atoms with Crippen LogP contribution < -0.4 is 10.6 Å². The predicted molar refractivity (Wildman–Crippen MR) is 91.4 cm³/mol. The average molecular weight is 312 g/mol. The van der Waals surface area contributed by atoms with Crippen molar-refractivity contribution >= 4 is 11.6 Å². The molecule has 0 spiro atoms. The van der Waals surface area contributed by atoms with Crippen LogP contribution in [0.1, 0.15) is 31.0 Å². The number of nitrogens with two attached hydrogens (primary N) is 1. The lowest BCUT2D eigenvalue weighted by atomic mass is 9.95. The summed E-state index contributed by atoms with van der Waals surface area (Å²) in [6, 6.07) is 11.4. The van der Waals surface area contributed by atoms with Gasteiger partial charge in [-0.05, 0) is 44.5 Å². The Morgan fingerprint density at radius 3 is 2.52 bits per heavy atom. The van der Waals surface area contributed by atoms with Gasteiger partial charge in [0, 0.05) is 30.7 Å². The molecule has 3 N–H and O–H groups in total. The Labute approximate surface area is 136 Å². The third-order valence-electron chi connectivity index (χ3n) is 5.24. The van der Waals surface area contributed by atoms with Gasteiger partial charge in [-0.1, -0.05) is 18.2 Å². The van der Waals surface area contributed by atoms with Gasteiger partial charge < -0.3 is 10.6 Å². The molecule has 0 bridgehead atoms. The maximum absolute atomic E-state index is 5.61. The minimum Gasteiger partial charge on any atom is -0.370 e. The number of likely N-dealkylation sites (tertiary alicyclic amines) is 1. The molecule has 23 heavy (non-hydrogen) atoms. The van der Waals surface area contributed by atoms with Gasteiger partial charge in [-0.3, -0.25) is 10.00 Å². The number of hydrogen-bond acceptors (Lipinski definition) is 5. The summed E-state index contributed by atoms with van der Waals surface area (Å²) in [6.45, 7) is 4.58. The number of piperidine rings is 1. The topological polar surface area (TPSA) is 74.1 Å². The smallest absolute Gasteiger partial charge is 0.239 e. The molecule has 3 heterocycles. The number of aromatic nitrogens is 3. The zero-order valence-corrected chi connectivity index (χ0v) is 13.4. The van der Waals surface area contributed by atoms with Gasteiger partial charge in [0.1, 0.15) is 5.82 Å². The van der Waals surface area contributed by atoms with Crippen LogP contribution in [0.3, 0.4) is 0 Å². The van der Waals surface area contributed by atoms with Crippen LogP contribution in [0, 0.1) is 0 Å². The number of nitrogens with one attached hydrogen (secondary N) is 1. The molecule has 2 fully saturated rings. The van der Waals surface area contributed by atoms with E-state index in [-0.39, 0.29) is 0 Å². The summed E-state index contributed by atoms with van der Waals surface area (Å²) in [7, 11) is 0. The molecule has 2 saturated heterocycles. The Kier molecular flexibility index (Phi) is 3.91. The maximum Gasteiger partial charge on any atom is 0.239 e. The highest BCUT2D eigenvalue weighted by Crippen LogP contribution is 2.30. The van der Waals surface area contributed by atoms with E-state index < -0.39 is 0 Å². The first kappa shape index (κ1) is 14.5. The van der Waals surface area contributed by atoms with Crippen molar-refractivity contribution < 1.29 is 0 Å². The molecule has 0 radical (unpaired) electrons. The second-order valence-corrected chi connectivity index (χ2v) is 6.61. The number of hydrogen-bond donors (Lipinski definition) is 2. The number of aromatic amines is 1. The third kappa shape index (κ3) is 3.03. The monoisotopic (exact) mass is 312 g/mol. The number of anilines is 2. The van der Waals surface area contributed by atoms with Crippen LogP contribution in [0.4, 0.5) is 11.6 Å². The molecule has 2 aliphatic heterocycles. The molecule has 0 aliphatic carbocycles. The van der Waals surface area contributed by atoms with E-state index in [0.29, 0.717) is 17.9 Å². The van der Waals surface area contributed by atoms with E-state index in [1.165, 1.54) is 12.1 Å². The van der Waals surface area contributed by atoms with Gasteiger partial charge in [0.2, 0.25) is 5.95 Å². The predicted octanol–water partition coefficient (Wildman–Crippen LogP) is 1.85. The minimum atomic E-state index is 0.358. The van der Waals surface area contributed by atoms with Crippen LogP contribution in [-0.2, 0) is 0 Å². The molecule has 0 amide bonds. The molecule has 0 saturated carbocycles. The molecule has 2 aliphatic rings. The third-order valence-corrected chi connectivity index (χ3v) is 5.24. The van der Waals surface area contributed by atoms with Gasteiger partial charge >= 0.3 is 0 Å². The Hall–Kier alpha value is -2.08. The summed E-state index contributed by atoms with van der Waals surface area (Å²) in [5.41, 5.74) is 6.96. The van der Waals surface area contributed by atoms with Gasteiger partial charge in [-0.25, -0.2) is 0 Å². The van der Waals surface area contributed by atoms with Crippen LogP contribution in [0.2, 0.25) is 0 Å². The molecule has 1 aromatic carbocycles. The molecular formula is C17H24N6. The van der Waals surface area contributed by atoms with E-state index in [4.69, 9.17) is 5.73 Å². The summed E-state index contributed by atoms with van der Waals surface area (Å²) in [5, 5.41) is 6.93. The Morgan fingerprint density at radius 1 is 1.04 bits per heavy atom. The van der Waals surface area contributed by atoms with E-state index in [1.807, 2.05) is 0 Å². The van der Waals surface area contributed by atoms with Gasteiger partial charge in [-0.15, -0.1) is 5.10 Å². The van der Waals surface area contributed by atoms with Crippen molar-refractivity contribution in [2.75, 3.05) is 36.8 Å². The number of nitrogens with zero attached hydrogens (tertiary/aromatic N) is 4. The van der Waals surface area contributed by atoms with Crippen molar-refractivity contribution in [3.8, 4) is 0 Å². The SMILES string of the molecule is Nc1n[nH]c(C2CCN(C3CCN(c4ccccc4)C3)CC2)n1. The fourth-order valence-corrected chi connectivity index (χ4v) is 3.92. The first-order chi connectivity index (χ1) is 11.3. The molecular weight excluding hydrogens is 288 g/mol. The molecule has 1 unspecified atom stereocenters.